The van der Waals surface area contributed by atoms with Gasteiger partial charge < -0.3 is 9.47 Å². The van der Waals surface area contributed by atoms with Crippen molar-refractivity contribution in [2.75, 3.05) is 6.61 Å². The van der Waals surface area contributed by atoms with E-state index in [-0.39, 0.29) is 13.0 Å². The van der Waals surface area contributed by atoms with Gasteiger partial charge in [0.05, 0.1) is 6.61 Å². The van der Waals surface area contributed by atoms with E-state index in [4.69, 9.17) is 26.9 Å². The summed E-state index contributed by atoms with van der Waals surface area (Å²) in [6, 6.07) is 12.5. The number of nitrogens with one attached hydrogen (secondary N) is 1. The Morgan fingerprint density at radius 2 is 1.92 bits per heavy atom. The Morgan fingerprint density at radius 1 is 1.20 bits per heavy atom. The van der Waals surface area contributed by atoms with Crippen LogP contribution in [0.15, 0.2) is 42.5 Å². The highest BCUT2D eigenvalue weighted by atomic mass is 35.5. The maximum atomic E-state index is 13.2. The number of benzene rings is 2. The molecule has 2 aromatic rings. The SMILES string of the molecule is CC(F)Cc1cc(Cl)cc(Oc2ccc(CCOC(=O)NN)cc2)c1. The molecule has 25 heavy (non-hydrogen) atoms. The fraction of sp³-hybridized carbons (Fsp3) is 0.278. The zero-order valence-corrected chi connectivity index (χ0v) is 14.6. The molecule has 134 valence electrons. The number of hydrazine groups is 1. The summed E-state index contributed by atoms with van der Waals surface area (Å²) in [4.78, 5) is 10.9. The topological polar surface area (TPSA) is 73.6 Å². The van der Waals surface area contributed by atoms with Gasteiger partial charge in [0.1, 0.15) is 17.7 Å². The van der Waals surface area contributed by atoms with Gasteiger partial charge in [-0.1, -0.05) is 23.7 Å². The molecule has 0 bridgehead atoms. The van der Waals surface area contributed by atoms with Gasteiger partial charge in [0.25, 0.3) is 0 Å². The largest absolute Gasteiger partial charge is 0.457 e. The van der Waals surface area contributed by atoms with E-state index in [9.17, 15) is 9.18 Å². The second-order valence-electron chi connectivity index (χ2n) is 5.56. The monoisotopic (exact) mass is 366 g/mol. The first-order chi connectivity index (χ1) is 12.0. The van der Waals surface area contributed by atoms with Gasteiger partial charge in [0.15, 0.2) is 0 Å². The van der Waals surface area contributed by atoms with E-state index in [0.717, 1.165) is 11.1 Å². The smallest absolute Gasteiger partial charge is 0.421 e. The van der Waals surface area contributed by atoms with Crippen LogP contribution in [0.4, 0.5) is 9.18 Å². The Balaban J connectivity index is 1.96. The van der Waals surface area contributed by atoms with Crippen LogP contribution in [-0.4, -0.2) is 18.9 Å². The van der Waals surface area contributed by atoms with Crippen LogP contribution in [0.1, 0.15) is 18.1 Å². The maximum absolute atomic E-state index is 13.2. The minimum absolute atomic E-state index is 0.225. The zero-order chi connectivity index (χ0) is 18.2. The Morgan fingerprint density at radius 3 is 2.56 bits per heavy atom. The third-order valence-corrected chi connectivity index (χ3v) is 3.57. The van der Waals surface area contributed by atoms with E-state index in [0.29, 0.717) is 22.9 Å². The minimum atomic E-state index is -0.950. The lowest BCUT2D eigenvalue weighted by molar-refractivity contribution is 0.147. The van der Waals surface area contributed by atoms with Crippen molar-refractivity contribution in [2.24, 2.45) is 5.84 Å². The molecule has 2 rings (SSSR count). The number of hydrogen-bond donors (Lipinski definition) is 2. The van der Waals surface area contributed by atoms with E-state index in [1.165, 1.54) is 6.92 Å². The molecule has 1 amide bonds. The number of rotatable bonds is 7. The third-order valence-electron chi connectivity index (χ3n) is 3.35. The molecular formula is C18H20ClFN2O3. The number of carbonyl (C=O) groups is 1. The Hall–Kier alpha value is -2.31. The van der Waals surface area contributed by atoms with Crippen molar-refractivity contribution in [2.45, 2.75) is 25.9 Å². The van der Waals surface area contributed by atoms with E-state index in [2.05, 4.69) is 0 Å². The van der Waals surface area contributed by atoms with Crippen LogP contribution in [0.3, 0.4) is 0 Å². The summed E-state index contributed by atoms with van der Waals surface area (Å²) >= 11 is 6.06. The normalized spacial score (nSPS) is 11.7. The van der Waals surface area contributed by atoms with Crippen LogP contribution in [0.2, 0.25) is 5.02 Å². The molecule has 0 aliphatic carbocycles. The standard InChI is InChI=1S/C18H20ClFN2O3/c1-12(20)8-14-9-15(19)11-17(10-14)25-16-4-2-13(3-5-16)6-7-24-18(23)22-21/h2-5,9-12H,6-8,21H2,1H3,(H,22,23). The van der Waals surface area contributed by atoms with Gasteiger partial charge >= 0.3 is 6.09 Å². The molecule has 0 radical (unpaired) electrons. The third kappa shape index (κ3) is 6.60. The summed E-state index contributed by atoms with van der Waals surface area (Å²) in [5.74, 6) is 6.11. The lowest BCUT2D eigenvalue weighted by atomic mass is 10.1. The fourth-order valence-corrected chi connectivity index (χ4v) is 2.53. The molecule has 3 N–H and O–H groups in total. The molecule has 0 aliphatic rings. The molecule has 0 aliphatic heterocycles. The molecular weight excluding hydrogens is 347 g/mol. The summed E-state index contributed by atoms with van der Waals surface area (Å²) < 4.78 is 23.8. The van der Waals surface area contributed by atoms with Crippen LogP contribution in [0, 0.1) is 0 Å². The van der Waals surface area contributed by atoms with Gasteiger partial charge in [-0.2, -0.15) is 0 Å². The summed E-state index contributed by atoms with van der Waals surface area (Å²) in [6.45, 7) is 1.73. The Bertz CT molecular complexity index is 708. The molecule has 0 saturated heterocycles. The second kappa shape index (κ2) is 9.25. The van der Waals surface area contributed by atoms with Crippen LogP contribution in [0.5, 0.6) is 11.5 Å². The summed E-state index contributed by atoms with van der Waals surface area (Å²) in [7, 11) is 0. The average Bonchev–Trinajstić information content (AvgIpc) is 2.55. The Kier molecular flexibility index (Phi) is 7.03. The van der Waals surface area contributed by atoms with Crippen LogP contribution < -0.4 is 16.0 Å². The van der Waals surface area contributed by atoms with Gasteiger partial charge in [0, 0.05) is 17.9 Å². The molecule has 0 saturated carbocycles. The number of nitrogens with two attached hydrogens (primary N) is 1. The molecule has 1 atom stereocenters. The molecule has 2 aromatic carbocycles. The molecule has 0 fully saturated rings. The second-order valence-corrected chi connectivity index (χ2v) is 5.99. The molecule has 0 heterocycles. The lowest BCUT2D eigenvalue weighted by Gasteiger charge is -2.10. The average molecular weight is 367 g/mol. The van der Waals surface area contributed by atoms with Crippen molar-refractivity contribution < 1.29 is 18.7 Å². The van der Waals surface area contributed by atoms with E-state index in [1.54, 1.807) is 30.3 Å². The van der Waals surface area contributed by atoms with Gasteiger partial charge in [-0.25, -0.2) is 15.0 Å². The zero-order valence-electron chi connectivity index (χ0n) is 13.8. The van der Waals surface area contributed by atoms with Gasteiger partial charge in [0.2, 0.25) is 0 Å². The predicted octanol–water partition coefficient (Wildman–Crippen LogP) is 4.18. The van der Waals surface area contributed by atoms with E-state index < -0.39 is 12.3 Å². The predicted molar refractivity (Wildman–Crippen MR) is 94.6 cm³/mol. The first-order valence-corrected chi connectivity index (χ1v) is 8.18. The van der Waals surface area contributed by atoms with Crippen molar-refractivity contribution in [1.82, 2.24) is 5.43 Å². The molecule has 0 spiro atoms. The summed E-state index contributed by atoms with van der Waals surface area (Å²) in [5, 5.41) is 0.500. The molecule has 5 nitrogen and oxygen atoms in total. The quantitative estimate of drug-likeness (QED) is 0.438. The highest BCUT2D eigenvalue weighted by Crippen LogP contribution is 2.27. The van der Waals surface area contributed by atoms with Gasteiger partial charge in [-0.3, -0.25) is 5.43 Å². The van der Waals surface area contributed by atoms with Crippen molar-refractivity contribution in [3.8, 4) is 11.5 Å². The number of hydrogen-bond acceptors (Lipinski definition) is 4. The fourth-order valence-electron chi connectivity index (χ4n) is 2.29. The van der Waals surface area contributed by atoms with E-state index in [1.807, 2.05) is 17.6 Å². The number of halogens is 2. The number of alkyl halides is 1. The first-order valence-electron chi connectivity index (χ1n) is 7.80. The first kappa shape index (κ1) is 19.0. The Labute approximate surface area is 150 Å². The highest BCUT2D eigenvalue weighted by Gasteiger charge is 2.06. The van der Waals surface area contributed by atoms with Crippen LogP contribution in [-0.2, 0) is 17.6 Å². The maximum Gasteiger partial charge on any atom is 0.421 e. The van der Waals surface area contributed by atoms with Crippen LogP contribution in [0.25, 0.3) is 0 Å². The summed E-state index contributed by atoms with van der Waals surface area (Å²) in [6.07, 6.45) is -0.774. The number of amides is 1. The summed E-state index contributed by atoms with van der Waals surface area (Å²) in [5.41, 5.74) is 3.66. The number of ether oxygens (including phenoxy) is 2. The highest BCUT2D eigenvalue weighted by molar-refractivity contribution is 6.30. The van der Waals surface area contributed by atoms with Crippen molar-refractivity contribution in [1.29, 1.82) is 0 Å². The van der Waals surface area contributed by atoms with E-state index >= 15 is 0 Å². The minimum Gasteiger partial charge on any atom is -0.457 e. The van der Waals surface area contributed by atoms with Gasteiger partial charge in [-0.05, 0) is 48.4 Å². The van der Waals surface area contributed by atoms with Crippen molar-refractivity contribution in [3.05, 3.63) is 58.6 Å². The van der Waals surface area contributed by atoms with Crippen molar-refractivity contribution >= 4 is 17.7 Å². The van der Waals surface area contributed by atoms with Crippen LogP contribution >= 0.6 is 11.6 Å². The molecule has 0 aromatic heterocycles. The van der Waals surface area contributed by atoms with Gasteiger partial charge in [-0.15, -0.1) is 0 Å². The lowest BCUT2D eigenvalue weighted by Crippen LogP contribution is -2.31. The molecule has 1 unspecified atom stereocenters. The number of carbonyl (C=O) groups excluding carboxylic acids is 1. The molecule has 7 heteroatoms. The van der Waals surface area contributed by atoms with Crippen molar-refractivity contribution in [3.63, 3.8) is 0 Å².